The van der Waals surface area contributed by atoms with Gasteiger partial charge in [0.25, 0.3) is 0 Å². The van der Waals surface area contributed by atoms with E-state index >= 15 is 0 Å². The summed E-state index contributed by atoms with van der Waals surface area (Å²) >= 11 is 0. The number of anilines is 1. The van der Waals surface area contributed by atoms with Crippen molar-refractivity contribution >= 4 is 29.5 Å². The van der Waals surface area contributed by atoms with Gasteiger partial charge in [-0.15, -0.1) is 0 Å². The van der Waals surface area contributed by atoms with Crippen LogP contribution in [0.2, 0.25) is 0 Å². The van der Waals surface area contributed by atoms with E-state index < -0.39 is 5.60 Å². The van der Waals surface area contributed by atoms with Crippen LogP contribution in [0.1, 0.15) is 49.2 Å². The summed E-state index contributed by atoms with van der Waals surface area (Å²) in [6.07, 6.45) is 7.05. The zero-order valence-corrected chi connectivity index (χ0v) is 19.3. The highest BCUT2D eigenvalue weighted by molar-refractivity contribution is 6.09. The van der Waals surface area contributed by atoms with Crippen LogP contribution >= 0.6 is 0 Å². The Morgan fingerprint density at radius 2 is 1.75 bits per heavy atom. The van der Waals surface area contributed by atoms with Crippen LogP contribution in [0.5, 0.6) is 17.2 Å². The Morgan fingerprint density at radius 3 is 2.41 bits per heavy atom. The lowest BCUT2D eigenvalue weighted by Crippen LogP contribution is -2.28. The van der Waals surface area contributed by atoms with Gasteiger partial charge in [-0.1, -0.05) is 26.0 Å². The number of ketones is 1. The van der Waals surface area contributed by atoms with Crippen LogP contribution in [0.4, 0.5) is 5.69 Å². The lowest BCUT2D eigenvalue weighted by molar-refractivity contribution is -0.118. The Labute approximate surface area is 188 Å². The molecule has 1 aliphatic rings. The van der Waals surface area contributed by atoms with Gasteiger partial charge in [0.1, 0.15) is 22.8 Å². The molecule has 1 heterocycles. The Kier molecular flexibility index (Phi) is 6.72. The second-order valence-electron chi connectivity index (χ2n) is 8.40. The van der Waals surface area contributed by atoms with E-state index in [-0.39, 0.29) is 17.6 Å². The van der Waals surface area contributed by atoms with Crippen LogP contribution in [0.3, 0.4) is 0 Å². The average molecular weight is 436 g/mol. The average Bonchev–Trinajstić information content (AvgIpc) is 2.76. The predicted molar refractivity (Wildman–Crippen MR) is 127 cm³/mol. The van der Waals surface area contributed by atoms with Crippen molar-refractivity contribution in [1.29, 1.82) is 0 Å². The standard InChI is InChI=1S/C26H29NO5/c1-16(2)25(29)27-20-15-17(8-11-23(20)31-6)7-10-21(28)18-9-12-22(30-5)19-13-14-26(3,4)32-24(18)19/h7-16H,1-6H3,(H,27,29)/b10-7+. The fourth-order valence-corrected chi connectivity index (χ4v) is 3.27. The molecule has 1 N–H and O–H groups in total. The molecule has 0 radical (unpaired) electrons. The van der Waals surface area contributed by atoms with E-state index in [1.54, 1.807) is 44.6 Å². The largest absolute Gasteiger partial charge is 0.496 e. The third kappa shape index (κ3) is 5.02. The molecule has 1 aliphatic heterocycles. The van der Waals surface area contributed by atoms with Gasteiger partial charge in [0.2, 0.25) is 5.91 Å². The fourth-order valence-electron chi connectivity index (χ4n) is 3.27. The smallest absolute Gasteiger partial charge is 0.227 e. The van der Waals surface area contributed by atoms with Gasteiger partial charge in [-0.05, 0) is 61.9 Å². The Bertz CT molecular complexity index is 1100. The van der Waals surface area contributed by atoms with Gasteiger partial charge in [0, 0.05) is 5.92 Å². The van der Waals surface area contributed by atoms with Crippen molar-refractivity contribution in [3.8, 4) is 17.2 Å². The van der Waals surface area contributed by atoms with Crippen LogP contribution in [0.15, 0.2) is 42.5 Å². The first kappa shape index (κ1) is 23.1. The second-order valence-corrected chi connectivity index (χ2v) is 8.40. The number of nitrogens with one attached hydrogen (secondary N) is 1. The number of carbonyl (C=O) groups is 2. The Hall–Kier alpha value is -3.54. The maximum Gasteiger partial charge on any atom is 0.227 e. The number of fused-ring (bicyclic) bond motifs is 1. The van der Waals surface area contributed by atoms with E-state index in [0.717, 1.165) is 11.1 Å². The zero-order valence-electron chi connectivity index (χ0n) is 19.3. The number of ether oxygens (including phenoxy) is 3. The minimum atomic E-state index is -0.530. The minimum absolute atomic E-state index is 0.113. The number of allylic oxidation sites excluding steroid dienone is 1. The summed E-state index contributed by atoms with van der Waals surface area (Å²) in [4.78, 5) is 25.2. The summed E-state index contributed by atoms with van der Waals surface area (Å²) in [5, 5.41) is 2.86. The summed E-state index contributed by atoms with van der Waals surface area (Å²) in [6.45, 7) is 7.50. The van der Waals surface area contributed by atoms with Gasteiger partial charge in [0.05, 0.1) is 31.0 Å². The molecule has 168 valence electrons. The molecule has 6 nitrogen and oxygen atoms in total. The molecule has 6 heteroatoms. The van der Waals surface area contributed by atoms with Gasteiger partial charge in [-0.2, -0.15) is 0 Å². The number of rotatable bonds is 7. The van der Waals surface area contributed by atoms with E-state index in [1.807, 2.05) is 45.9 Å². The molecule has 2 aromatic carbocycles. The lowest BCUT2D eigenvalue weighted by atomic mass is 9.97. The van der Waals surface area contributed by atoms with E-state index in [9.17, 15) is 9.59 Å². The van der Waals surface area contributed by atoms with Crippen LogP contribution < -0.4 is 19.5 Å². The highest BCUT2D eigenvalue weighted by atomic mass is 16.5. The molecule has 0 bridgehead atoms. The Morgan fingerprint density at radius 1 is 1.06 bits per heavy atom. The van der Waals surface area contributed by atoms with Gasteiger partial charge in [-0.25, -0.2) is 0 Å². The van der Waals surface area contributed by atoms with E-state index in [2.05, 4.69) is 5.32 Å². The molecular weight excluding hydrogens is 406 g/mol. The second kappa shape index (κ2) is 9.30. The molecule has 0 atom stereocenters. The van der Waals surface area contributed by atoms with Crippen molar-refractivity contribution in [3.05, 3.63) is 59.2 Å². The molecule has 3 rings (SSSR count). The molecule has 0 saturated heterocycles. The van der Waals surface area contributed by atoms with Crippen LogP contribution in [0, 0.1) is 5.92 Å². The quantitative estimate of drug-likeness (QED) is 0.467. The molecule has 32 heavy (non-hydrogen) atoms. The summed E-state index contributed by atoms with van der Waals surface area (Å²) in [6, 6.07) is 8.82. The number of carbonyl (C=O) groups excluding carboxylic acids is 2. The number of hydrogen-bond acceptors (Lipinski definition) is 5. The highest BCUT2D eigenvalue weighted by Gasteiger charge is 2.27. The van der Waals surface area contributed by atoms with Crippen LogP contribution in [-0.2, 0) is 4.79 Å². The van der Waals surface area contributed by atoms with Crippen molar-refractivity contribution in [1.82, 2.24) is 0 Å². The monoisotopic (exact) mass is 435 g/mol. The zero-order chi connectivity index (χ0) is 23.5. The molecule has 2 aromatic rings. The summed E-state index contributed by atoms with van der Waals surface area (Å²) in [5.41, 5.74) is 1.97. The van der Waals surface area contributed by atoms with Crippen molar-refractivity contribution < 1.29 is 23.8 Å². The summed E-state index contributed by atoms with van der Waals surface area (Å²) < 4.78 is 16.9. The minimum Gasteiger partial charge on any atom is -0.496 e. The topological polar surface area (TPSA) is 73.9 Å². The van der Waals surface area contributed by atoms with Gasteiger partial charge in [0.15, 0.2) is 5.78 Å². The van der Waals surface area contributed by atoms with Crippen molar-refractivity contribution in [2.75, 3.05) is 19.5 Å². The van der Waals surface area contributed by atoms with Gasteiger partial charge >= 0.3 is 0 Å². The molecule has 0 fully saturated rings. The van der Waals surface area contributed by atoms with E-state index in [4.69, 9.17) is 14.2 Å². The lowest BCUT2D eigenvalue weighted by Gasteiger charge is -2.29. The maximum atomic E-state index is 13.0. The SMILES string of the molecule is COc1ccc(/C=C/C(=O)c2ccc(OC)c3c2OC(C)(C)C=C3)cc1NC(=O)C(C)C. The van der Waals surface area contributed by atoms with Crippen LogP contribution in [-0.4, -0.2) is 31.5 Å². The third-order valence-electron chi connectivity index (χ3n) is 5.09. The number of methoxy groups -OCH3 is 2. The van der Waals surface area contributed by atoms with Crippen molar-refractivity contribution in [3.63, 3.8) is 0 Å². The van der Waals surface area contributed by atoms with E-state index in [0.29, 0.717) is 28.5 Å². The summed E-state index contributed by atoms with van der Waals surface area (Å²) in [5.74, 6) is 1.23. The molecule has 0 spiro atoms. The molecule has 1 amide bonds. The highest BCUT2D eigenvalue weighted by Crippen LogP contribution is 2.40. The first-order chi connectivity index (χ1) is 15.1. The number of amides is 1. The van der Waals surface area contributed by atoms with Crippen molar-refractivity contribution in [2.24, 2.45) is 5.92 Å². The third-order valence-corrected chi connectivity index (χ3v) is 5.09. The number of benzene rings is 2. The van der Waals surface area contributed by atoms with E-state index in [1.165, 1.54) is 6.08 Å². The maximum absolute atomic E-state index is 13.0. The predicted octanol–water partition coefficient (Wildman–Crippen LogP) is 5.38. The number of hydrogen-bond donors (Lipinski definition) is 1. The van der Waals surface area contributed by atoms with Crippen LogP contribution in [0.25, 0.3) is 12.2 Å². The normalized spacial score (nSPS) is 14.1. The molecular formula is C26H29NO5. The van der Waals surface area contributed by atoms with Gasteiger partial charge in [-0.3, -0.25) is 9.59 Å². The van der Waals surface area contributed by atoms with Gasteiger partial charge < -0.3 is 19.5 Å². The molecule has 0 aromatic heterocycles. The first-order valence-corrected chi connectivity index (χ1v) is 10.5. The van der Waals surface area contributed by atoms with Crippen molar-refractivity contribution in [2.45, 2.75) is 33.3 Å². The molecule has 0 unspecified atom stereocenters. The molecule has 0 aliphatic carbocycles. The fraction of sp³-hybridized carbons (Fsp3) is 0.308. The summed E-state index contributed by atoms with van der Waals surface area (Å²) in [7, 11) is 3.13. The first-order valence-electron chi connectivity index (χ1n) is 10.5. The molecule has 0 saturated carbocycles. The Balaban J connectivity index is 1.91.